The van der Waals surface area contributed by atoms with Crippen molar-refractivity contribution in [1.29, 1.82) is 0 Å². The third kappa shape index (κ3) is 8.20. The van der Waals surface area contributed by atoms with Gasteiger partial charge in [-0.15, -0.1) is 0 Å². The zero-order valence-corrected chi connectivity index (χ0v) is 16.2. The second-order valence-corrected chi connectivity index (χ2v) is 7.07. The summed E-state index contributed by atoms with van der Waals surface area (Å²) in [4.78, 5) is 35.3. The zero-order valence-electron chi connectivity index (χ0n) is 15.4. The van der Waals surface area contributed by atoms with Gasteiger partial charge in [0.05, 0.1) is 0 Å². The number of carbonyl (C=O) groups is 3. The average molecular weight is 385 g/mol. The van der Waals surface area contributed by atoms with Gasteiger partial charge in [0.15, 0.2) is 12.2 Å². The highest BCUT2D eigenvalue weighted by Gasteiger charge is 2.32. The molecule has 2 N–H and O–H groups in total. The number of benzene rings is 1. The quantitative estimate of drug-likeness (QED) is 0.672. The first-order chi connectivity index (χ1) is 12.1. The van der Waals surface area contributed by atoms with E-state index in [9.17, 15) is 14.4 Å². The Labute approximate surface area is 158 Å². The van der Waals surface area contributed by atoms with E-state index in [1.54, 1.807) is 24.3 Å². The molecule has 0 saturated heterocycles. The summed E-state index contributed by atoms with van der Waals surface area (Å²) < 4.78 is 10.5. The minimum Gasteiger partial charge on any atom is -0.476 e. The van der Waals surface area contributed by atoms with Crippen LogP contribution in [-0.4, -0.2) is 36.7 Å². The maximum atomic E-state index is 12.1. The first kappa shape index (κ1) is 21.8. The summed E-state index contributed by atoms with van der Waals surface area (Å²) in [6, 6.07) is 5.87. The number of hydrogen-bond acceptors (Lipinski definition) is 5. The van der Waals surface area contributed by atoms with Crippen LogP contribution in [0.4, 0.5) is 4.79 Å². The molecule has 0 fully saturated rings. The highest BCUT2D eigenvalue weighted by molar-refractivity contribution is 6.30. The third-order valence-corrected chi connectivity index (χ3v) is 3.52. The van der Waals surface area contributed by atoms with Crippen LogP contribution in [0.3, 0.4) is 0 Å². The molecular formula is C18H25ClN2O5. The summed E-state index contributed by atoms with van der Waals surface area (Å²) in [7, 11) is 0. The monoisotopic (exact) mass is 384 g/mol. The van der Waals surface area contributed by atoms with E-state index in [1.165, 1.54) is 13.8 Å². The number of esters is 1. The molecular weight excluding hydrogens is 360 g/mol. The van der Waals surface area contributed by atoms with Crippen LogP contribution >= 0.6 is 11.6 Å². The normalized spacial score (nSPS) is 11.0. The van der Waals surface area contributed by atoms with E-state index in [0.717, 1.165) is 6.42 Å². The lowest BCUT2D eigenvalue weighted by molar-refractivity contribution is -0.161. The highest BCUT2D eigenvalue weighted by atomic mass is 35.5. The Morgan fingerprint density at radius 2 is 1.77 bits per heavy atom. The molecule has 0 unspecified atom stereocenters. The van der Waals surface area contributed by atoms with Crippen molar-refractivity contribution in [3.63, 3.8) is 0 Å². The second kappa shape index (κ2) is 10.0. The lowest BCUT2D eigenvalue weighted by Gasteiger charge is -2.24. The van der Waals surface area contributed by atoms with Crippen molar-refractivity contribution in [2.24, 2.45) is 5.92 Å². The minimum atomic E-state index is -1.31. The Morgan fingerprint density at radius 1 is 1.15 bits per heavy atom. The van der Waals surface area contributed by atoms with Gasteiger partial charge >= 0.3 is 12.0 Å². The van der Waals surface area contributed by atoms with Gasteiger partial charge < -0.3 is 14.8 Å². The number of carbonyl (C=O) groups excluding carboxylic acids is 3. The molecule has 26 heavy (non-hydrogen) atoms. The maximum absolute atomic E-state index is 12.1. The molecule has 0 heterocycles. The van der Waals surface area contributed by atoms with E-state index in [4.69, 9.17) is 21.1 Å². The second-order valence-electron chi connectivity index (χ2n) is 6.63. The summed E-state index contributed by atoms with van der Waals surface area (Å²) in [5, 5.41) is 5.19. The molecule has 0 saturated carbocycles. The predicted octanol–water partition coefficient (Wildman–Crippen LogP) is 2.91. The summed E-state index contributed by atoms with van der Waals surface area (Å²) in [5.74, 6) is -0.578. The molecule has 1 aromatic rings. The molecule has 0 aliphatic rings. The third-order valence-electron chi connectivity index (χ3n) is 3.27. The highest BCUT2D eigenvalue weighted by Crippen LogP contribution is 2.21. The number of amides is 3. The lowest BCUT2D eigenvalue weighted by Crippen LogP contribution is -2.44. The fraction of sp³-hybridized carbons (Fsp3) is 0.500. The van der Waals surface area contributed by atoms with Gasteiger partial charge in [-0.2, -0.15) is 0 Å². The van der Waals surface area contributed by atoms with Crippen LogP contribution in [0.25, 0.3) is 0 Å². The number of rotatable bonds is 8. The van der Waals surface area contributed by atoms with Gasteiger partial charge in [0, 0.05) is 11.6 Å². The van der Waals surface area contributed by atoms with E-state index in [-0.39, 0.29) is 0 Å². The molecule has 0 radical (unpaired) electrons. The minimum absolute atomic E-state index is 0.435. The van der Waals surface area contributed by atoms with E-state index < -0.39 is 30.1 Å². The molecule has 144 valence electrons. The molecule has 8 heteroatoms. The van der Waals surface area contributed by atoms with E-state index >= 15 is 0 Å². The summed E-state index contributed by atoms with van der Waals surface area (Å²) >= 11 is 5.79. The summed E-state index contributed by atoms with van der Waals surface area (Å²) in [5.41, 5.74) is -1.31. The van der Waals surface area contributed by atoms with Crippen LogP contribution in [-0.2, 0) is 14.3 Å². The molecule has 0 aliphatic carbocycles. The first-order valence-electron chi connectivity index (χ1n) is 8.29. The zero-order chi connectivity index (χ0) is 19.7. The topological polar surface area (TPSA) is 93.7 Å². The van der Waals surface area contributed by atoms with E-state index in [1.807, 2.05) is 13.8 Å². The van der Waals surface area contributed by atoms with Crippen LogP contribution in [0.1, 0.15) is 34.1 Å². The molecule has 0 bridgehead atoms. The van der Waals surface area contributed by atoms with Crippen molar-refractivity contribution in [2.75, 3.05) is 13.2 Å². The maximum Gasteiger partial charge on any atom is 0.350 e. The van der Waals surface area contributed by atoms with Crippen molar-refractivity contribution < 1.29 is 23.9 Å². The Bertz CT molecular complexity index is 629. The number of halogens is 1. The molecule has 0 aliphatic heterocycles. The SMILES string of the molecule is CC(C)CCNC(=O)NC(=O)COC(=O)C(C)(C)Oc1ccc(Cl)cc1. The lowest BCUT2D eigenvalue weighted by atomic mass is 10.1. The molecule has 3 amide bonds. The number of hydrogen-bond donors (Lipinski definition) is 2. The molecule has 1 aromatic carbocycles. The van der Waals surface area contributed by atoms with Gasteiger partial charge in [0.2, 0.25) is 0 Å². The first-order valence-corrected chi connectivity index (χ1v) is 8.67. The number of urea groups is 1. The summed E-state index contributed by atoms with van der Waals surface area (Å²) in [6.45, 7) is 6.96. The molecule has 7 nitrogen and oxygen atoms in total. The molecule has 1 rings (SSSR count). The standard InChI is InChI=1S/C18H25ClN2O5/c1-12(2)9-10-20-17(24)21-15(22)11-25-16(23)18(3,4)26-14-7-5-13(19)6-8-14/h5-8,12H,9-11H2,1-4H3,(H2,20,21,22,24). The van der Waals surface area contributed by atoms with Crippen molar-refractivity contribution in [3.05, 3.63) is 29.3 Å². The molecule has 0 spiro atoms. The average Bonchev–Trinajstić information content (AvgIpc) is 2.54. The van der Waals surface area contributed by atoms with Crippen molar-refractivity contribution in [1.82, 2.24) is 10.6 Å². The smallest absolute Gasteiger partial charge is 0.350 e. The van der Waals surface area contributed by atoms with Crippen LogP contribution in [0, 0.1) is 5.92 Å². The van der Waals surface area contributed by atoms with Crippen LogP contribution in [0.2, 0.25) is 5.02 Å². The van der Waals surface area contributed by atoms with Crippen LogP contribution in [0.15, 0.2) is 24.3 Å². The number of nitrogens with one attached hydrogen (secondary N) is 2. The Kier molecular flexibility index (Phi) is 8.38. The van der Waals surface area contributed by atoms with Crippen LogP contribution < -0.4 is 15.4 Å². The number of ether oxygens (including phenoxy) is 2. The number of imide groups is 1. The van der Waals surface area contributed by atoms with Gasteiger partial charge in [-0.1, -0.05) is 25.4 Å². The molecule has 0 aromatic heterocycles. The Morgan fingerprint density at radius 3 is 2.35 bits per heavy atom. The van der Waals surface area contributed by atoms with Gasteiger partial charge in [-0.3, -0.25) is 10.1 Å². The van der Waals surface area contributed by atoms with Crippen molar-refractivity contribution >= 4 is 29.5 Å². The van der Waals surface area contributed by atoms with Gasteiger partial charge in [0.1, 0.15) is 5.75 Å². The van der Waals surface area contributed by atoms with E-state index in [2.05, 4.69) is 10.6 Å². The predicted molar refractivity (Wildman–Crippen MR) is 98.1 cm³/mol. The van der Waals surface area contributed by atoms with Crippen molar-refractivity contribution in [3.8, 4) is 5.75 Å². The van der Waals surface area contributed by atoms with E-state index in [0.29, 0.717) is 23.2 Å². The Balaban J connectivity index is 2.40. The fourth-order valence-corrected chi connectivity index (χ4v) is 1.95. The van der Waals surface area contributed by atoms with Gasteiger partial charge in [0.25, 0.3) is 5.91 Å². The van der Waals surface area contributed by atoms with Gasteiger partial charge in [-0.25, -0.2) is 9.59 Å². The van der Waals surface area contributed by atoms with Crippen molar-refractivity contribution in [2.45, 2.75) is 39.7 Å². The largest absolute Gasteiger partial charge is 0.476 e. The molecule has 0 atom stereocenters. The van der Waals surface area contributed by atoms with Crippen LogP contribution in [0.5, 0.6) is 5.75 Å². The summed E-state index contributed by atoms with van der Waals surface area (Å²) in [6.07, 6.45) is 0.798. The Hall–Kier alpha value is -2.28. The fourth-order valence-electron chi connectivity index (χ4n) is 1.83. The van der Waals surface area contributed by atoms with Gasteiger partial charge in [-0.05, 0) is 50.5 Å².